The van der Waals surface area contributed by atoms with Crippen LogP contribution in [-0.2, 0) is 10.0 Å². The molecule has 0 aromatic rings. The van der Waals surface area contributed by atoms with Gasteiger partial charge in [0.2, 0.25) is 10.0 Å². The van der Waals surface area contributed by atoms with Crippen LogP contribution in [0.25, 0.3) is 0 Å². The van der Waals surface area contributed by atoms with E-state index in [1.807, 2.05) is 0 Å². The SMILES string of the molecule is CC(C)CCN(C)S(=O)(=O)CCCN. The van der Waals surface area contributed by atoms with Gasteiger partial charge in [0, 0.05) is 13.6 Å². The van der Waals surface area contributed by atoms with E-state index in [1.54, 1.807) is 7.05 Å². The maximum Gasteiger partial charge on any atom is 0.213 e. The van der Waals surface area contributed by atoms with E-state index < -0.39 is 10.0 Å². The lowest BCUT2D eigenvalue weighted by atomic mass is 10.1. The van der Waals surface area contributed by atoms with Crippen molar-refractivity contribution in [1.29, 1.82) is 0 Å². The highest BCUT2D eigenvalue weighted by molar-refractivity contribution is 7.89. The van der Waals surface area contributed by atoms with Gasteiger partial charge in [0.15, 0.2) is 0 Å². The van der Waals surface area contributed by atoms with Crippen LogP contribution in [0.4, 0.5) is 0 Å². The summed E-state index contributed by atoms with van der Waals surface area (Å²) < 4.78 is 24.6. The summed E-state index contributed by atoms with van der Waals surface area (Å²) in [6.45, 7) is 5.20. The van der Waals surface area contributed by atoms with Crippen molar-refractivity contribution in [2.75, 3.05) is 25.9 Å². The van der Waals surface area contributed by atoms with Gasteiger partial charge in [-0.2, -0.15) is 0 Å². The zero-order valence-corrected chi connectivity index (χ0v) is 10.2. The molecule has 0 rings (SSSR count). The molecule has 0 saturated heterocycles. The lowest BCUT2D eigenvalue weighted by Gasteiger charge is -2.17. The predicted octanol–water partition coefficient (Wildman–Crippen LogP) is 0.643. The van der Waals surface area contributed by atoms with Crippen molar-refractivity contribution in [3.8, 4) is 0 Å². The Bertz CT molecular complexity index is 237. The molecule has 0 aromatic heterocycles. The van der Waals surface area contributed by atoms with Crippen molar-refractivity contribution >= 4 is 10.0 Å². The molecule has 4 nitrogen and oxygen atoms in total. The summed E-state index contributed by atoms with van der Waals surface area (Å²) >= 11 is 0. The van der Waals surface area contributed by atoms with E-state index in [0.29, 0.717) is 25.4 Å². The molecule has 0 heterocycles. The first-order valence-corrected chi connectivity index (χ1v) is 6.65. The minimum absolute atomic E-state index is 0.165. The number of rotatable bonds is 7. The standard InChI is InChI=1S/C9H22N2O2S/c1-9(2)5-7-11(3)14(12,13)8-4-6-10/h9H,4-8,10H2,1-3H3. The average Bonchev–Trinajstić information content (AvgIpc) is 2.10. The van der Waals surface area contributed by atoms with Crippen molar-refractivity contribution in [3.63, 3.8) is 0 Å². The maximum absolute atomic E-state index is 11.6. The molecule has 0 bridgehead atoms. The van der Waals surface area contributed by atoms with Crippen molar-refractivity contribution < 1.29 is 8.42 Å². The van der Waals surface area contributed by atoms with Gasteiger partial charge in [-0.15, -0.1) is 0 Å². The highest BCUT2D eigenvalue weighted by Crippen LogP contribution is 2.05. The largest absolute Gasteiger partial charge is 0.330 e. The van der Waals surface area contributed by atoms with Crippen LogP contribution in [-0.4, -0.2) is 38.6 Å². The minimum atomic E-state index is -3.06. The Morgan fingerprint density at radius 3 is 2.36 bits per heavy atom. The Balaban J connectivity index is 4.01. The fraction of sp³-hybridized carbons (Fsp3) is 1.00. The van der Waals surface area contributed by atoms with Crippen molar-refractivity contribution in [1.82, 2.24) is 4.31 Å². The number of hydrogen-bond acceptors (Lipinski definition) is 3. The van der Waals surface area contributed by atoms with Crippen LogP contribution in [0, 0.1) is 5.92 Å². The molecule has 0 saturated carbocycles. The van der Waals surface area contributed by atoms with Gasteiger partial charge in [-0.3, -0.25) is 0 Å². The smallest absolute Gasteiger partial charge is 0.213 e. The normalized spacial score (nSPS) is 12.7. The molecule has 0 spiro atoms. The van der Waals surface area contributed by atoms with Gasteiger partial charge < -0.3 is 5.73 Å². The van der Waals surface area contributed by atoms with Crippen molar-refractivity contribution in [3.05, 3.63) is 0 Å². The molecule has 0 fully saturated rings. The molecule has 0 radical (unpaired) electrons. The Hall–Kier alpha value is -0.130. The molecule has 0 aliphatic heterocycles. The van der Waals surface area contributed by atoms with Crippen LogP contribution in [0.3, 0.4) is 0 Å². The highest BCUT2D eigenvalue weighted by atomic mass is 32.2. The first-order valence-electron chi connectivity index (χ1n) is 5.04. The molecule has 0 unspecified atom stereocenters. The van der Waals surface area contributed by atoms with Gasteiger partial charge in [-0.05, 0) is 25.3 Å². The fourth-order valence-corrected chi connectivity index (χ4v) is 2.23. The third-order valence-corrected chi connectivity index (χ3v) is 4.04. The molecule has 0 aromatic carbocycles. The lowest BCUT2D eigenvalue weighted by Crippen LogP contribution is -2.31. The highest BCUT2D eigenvalue weighted by Gasteiger charge is 2.16. The van der Waals surface area contributed by atoms with Gasteiger partial charge in [0.25, 0.3) is 0 Å². The lowest BCUT2D eigenvalue weighted by molar-refractivity contribution is 0.427. The molecule has 0 aliphatic rings. The van der Waals surface area contributed by atoms with E-state index in [-0.39, 0.29) is 5.75 Å². The van der Waals surface area contributed by atoms with Gasteiger partial charge >= 0.3 is 0 Å². The number of nitrogens with zero attached hydrogens (tertiary/aromatic N) is 1. The maximum atomic E-state index is 11.6. The number of nitrogens with two attached hydrogens (primary N) is 1. The topological polar surface area (TPSA) is 63.4 Å². The Labute approximate surface area is 87.5 Å². The second-order valence-corrected chi connectivity index (χ2v) is 6.16. The molecular formula is C9H22N2O2S. The van der Waals surface area contributed by atoms with Crippen LogP contribution in [0.2, 0.25) is 0 Å². The second kappa shape index (κ2) is 6.37. The van der Waals surface area contributed by atoms with E-state index in [9.17, 15) is 8.42 Å². The van der Waals surface area contributed by atoms with E-state index in [4.69, 9.17) is 5.73 Å². The second-order valence-electron chi connectivity index (χ2n) is 3.96. The Morgan fingerprint density at radius 2 is 1.93 bits per heavy atom. The summed E-state index contributed by atoms with van der Waals surface area (Å²) in [5.41, 5.74) is 5.28. The Morgan fingerprint density at radius 1 is 1.36 bits per heavy atom. The van der Waals surface area contributed by atoms with Crippen LogP contribution >= 0.6 is 0 Å². The van der Waals surface area contributed by atoms with Gasteiger partial charge in [0.05, 0.1) is 5.75 Å². The molecule has 0 amide bonds. The third-order valence-electron chi connectivity index (χ3n) is 2.10. The summed E-state index contributed by atoms with van der Waals surface area (Å²) in [5, 5.41) is 0. The fourth-order valence-electron chi connectivity index (χ4n) is 1.00. The third kappa shape index (κ3) is 5.57. The Kier molecular flexibility index (Phi) is 6.31. The van der Waals surface area contributed by atoms with Gasteiger partial charge in [-0.25, -0.2) is 12.7 Å². The molecule has 0 atom stereocenters. The summed E-state index contributed by atoms with van der Waals surface area (Å²) in [6, 6.07) is 0. The van der Waals surface area contributed by atoms with Crippen molar-refractivity contribution in [2.45, 2.75) is 26.7 Å². The summed E-state index contributed by atoms with van der Waals surface area (Å²) in [6.07, 6.45) is 1.44. The number of sulfonamides is 1. The zero-order valence-electron chi connectivity index (χ0n) is 9.36. The van der Waals surface area contributed by atoms with E-state index in [2.05, 4.69) is 13.8 Å². The average molecular weight is 222 g/mol. The quantitative estimate of drug-likeness (QED) is 0.687. The van der Waals surface area contributed by atoms with E-state index >= 15 is 0 Å². The van der Waals surface area contributed by atoms with E-state index in [1.165, 1.54) is 4.31 Å². The molecule has 86 valence electrons. The van der Waals surface area contributed by atoms with Crippen LogP contribution in [0.5, 0.6) is 0 Å². The van der Waals surface area contributed by atoms with Crippen molar-refractivity contribution in [2.24, 2.45) is 11.7 Å². The molecule has 14 heavy (non-hydrogen) atoms. The molecule has 2 N–H and O–H groups in total. The predicted molar refractivity (Wildman–Crippen MR) is 59.5 cm³/mol. The zero-order chi connectivity index (χ0) is 11.2. The monoisotopic (exact) mass is 222 g/mol. The van der Waals surface area contributed by atoms with E-state index in [0.717, 1.165) is 6.42 Å². The summed E-state index contributed by atoms with van der Waals surface area (Å²) in [5.74, 6) is 0.695. The first-order chi connectivity index (χ1) is 6.40. The number of hydrogen-bond donors (Lipinski definition) is 1. The first kappa shape index (κ1) is 13.9. The summed E-state index contributed by atoms with van der Waals surface area (Å²) in [7, 11) is -1.43. The summed E-state index contributed by atoms with van der Waals surface area (Å²) in [4.78, 5) is 0. The van der Waals surface area contributed by atoms with Crippen LogP contribution < -0.4 is 5.73 Å². The van der Waals surface area contributed by atoms with Crippen LogP contribution in [0.15, 0.2) is 0 Å². The minimum Gasteiger partial charge on any atom is -0.330 e. The van der Waals surface area contributed by atoms with Gasteiger partial charge in [-0.1, -0.05) is 13.8 Å². The molecule has 5 heteroatoms. The van der Waals surface area contributed by atoms with Crippen LogP contribution in [0.1, 0.15) is 26.7 Å². The molecular weight excluding hydrogens is 200 g/mol. The van der Waals surface area contributed by atoms with Gasteiger partial charge in [0.1, 0.15) is 0 Å². The molecule has 0 aliphatic carbocycles.